The summed E-state index contributed by atoms with van der Waals surface area (Å²) >= 11 is 5.86. The minimum absolute atomic E-state index is 0.0249. The smallest absolute Gasteiger partial charge is 0.300 e. The Labute approximate surface area is 675 Å². The largest absolute Gasteiger partial charge is 0.397 e. The van der Waals surface area contributed by atoms with Crippen LogP contribution in [0.2, 0.25) is 5.02 Å². The Balaban J connectivity index is 0.000000159. The van der Waals surface area contributed by atoms with E-state index < -0.39 is 29.7 Å². The number of halogens is 1. The van der Waals surface area contributed by atoms with Crippen LogP contribution in [0, 0.1) is 32.1 Å². The number of Topliss-reactive ketones (excluding diaryl/α,β-unsaturated/α-hetero) is 6. The van der Waals surface area contributed by atoms with Crippen LogP contribution in [-0.2, 0) is 102 Å². The zero-order chi connectivity index (χ0) is 86.7. The van der Waals surface area contributed by atoms with Gasteiger partial charge in [-0.2, -0.15) is 0 Å². The number of non-ortho nitro benzene ring substituents is 2. The van der Waals surface area contributed by atoms with Gasteiger partial charge in [0.05, 0.1) is 49.6 Å². The molecule has 2 amide bonds. The number of nitrogens with zero attached hydrogens (tertiary/aromatic N) is 16. The number of nitrogen functional groups attached to an aromatic ring is 1. The van der Waals surface area contributed by atoms with Crippen molar-refractivity contribution >= 4 is 189 Å². The van der Waals surface area contributed by atoms with Gasteiger partial charge in [0.25, 0.3) is 0 Å². The quantitative estimate of drug-likeness (QED) is 0.0278. The summed E-state index contributed by atoms with van der Waals surface area (Å²) < 4.78 is 79.1. The average Bonchev–Trinajstić information content (AvgIpc) is 1.73. The molecule has 5 N–H and O–H groups in total. The summed E-state index contributed by atoms with van der Waals surface area (Å²) in [6.45, 7) is 12.5. The average molecular weight is 1700 g/mol. The van der Waals surface area contributed by atoms with E-state index in [2.05, 4.69) is 115 Å². The molecule has 15 rings (SSSR count). The molecule has 0 unspecified atom stereocenters. The standard InChI is InChI=1S/C13H13N3O4.C13H15N3O3.C11H11N3O3.C10H11N3O4S.C9H7ClN2O2.C9H9N3O2.C8H7N3O5S/c17-11(8-3-1-2-4-8)7-9-5-6-10(16(18)19)13-12(9)14-20-15-13;1-7(2)13(18)14-10-5-4-9(6-8(3)17)11-12(10)16-19-15-11;1-6(15)5-8-3-4-9(12-7(2)16)11-10(8)13-17-14-11;1-6(14)5-7-3-4-8(13-18(2,15)16)10-9(7)11-17-12-10;2*1-5(13)4-6-2-3-7(10)9-8(6)11-14-12-9;1-17(14,15)4-5-2-3-6(11(12)13)8-7(5)9-16-10-8/h5-6,8H,1-4,7H2;4-5,7H,6H2,1-3H3,(H,14,18);3-4H,5H2,1-2H3,(H,12,16);3-4,13H,5H2,1-2H3;2-3H,4H2,1H3;2-3H,4,10H2,1H3;2-3H,4H2,1H3. The predicted molar refractivity (Wildman–Crippen MR) is 423 cm³/mol. The van der Waals surface area contributed by atoms with Crippen molar-refractivity contribution in [3.8, 4) is 0 Å². The van der Waals surface area contributed by atoms with Crippen LogP contribution in [0.5, 0.6) is 0 Å². The van der Waals surface area contributed by atoms with E-state index in [-0.39, 0.29) is 123 Å². The number of hydrogen-bond acceptors (Lipinski definition) is 38. The number of carbonyl (C=O) groups is 8. The zero-order valence-electron chi connectivity index (χ0n) is 64.8. The second-order valence-electron chi connectivity index (χ2n) is 27.4. The maximum Gasteiger partial charge on any atom is 0.300 e. The lowest BCUT2D eigenvalue weighted by Gasteiger charge is -2.08. The van der Waals surface area contributed by atoms with E-state index in [1.807, 2.05) is 0 Å². The number of rotatable bonds is 22. The molecule has 7 aromatic carbocycles. The van der Waals surface area contributed by atoms with Crippen molar-refractivity contribution in [2.24, 2.45) is 11.8 Å². The van der Waals surface area contributed by atoms with Crippen LogP contribution in [0.3, 0.4) is 0 Å². The van der Waals surface area contributed by atoms with E-state index in [0.29, 0.717) is 112 Å². The first-order valence-electron chi connectivity index (χ1n) is 35.5. The van der Waals surface area contributed by atoms with Gasteiger partial charge in [0, 0.05) is 75.7 Å². The first-order chi connectivity index (χ1) is 56.3. The third kappa shape index (κ3) is 24.0. The highest BCUT2D eigenvalue weighted by Crippen LogP contribution is 2.33. The first kappa shape index (κ1) is 88.8. The predicted octanol–water partition coefficient (Wildman–Crippen LogP) is 10.0. The van der Waals surface area contributed by atoms with Crippen LogP contribution in [0.25, 0.3) is 77.2 Å². The molecule has 0 radical (unpaired) electrons. The summed E-state index contributed by atoms with van der Waals surface area (Å²) in [7, 11) is -6.67. The molecule has 622 valence electrons. The fourth-order valence-electron chi connectivity index (χ4n) is 11.8. The van der Waals surface area contributed by atoms with Gasteiger partial charge in [-0.05, 0) is 201 Å². The molecule has 7 heterocycles. The van der Waals surface area contributed by atoms with Gasteiger partial charge in [-0.25, -0.2) is 49.2 Å². The van der Waals surface area contributed by atoms with E-state index in [1.165, 1.54) is 65.8 Å². The van der Waals surface area contributed by atoms with Crippen molar-refractivity contribution in [2.45, 2.75) is 125 Å². The number of nitro benzene ring substituents is 2. The summed E-state index contributed by atoms with van der Waals surface area (Å²) in [5.41, 5.74) is 17.0. The number of aromatic nitrogens is 14. The van der Waals surface area contributed by atoms with E-state index >= 15 is 0 Å². The summed E-state index contributed by atoms with van der Waals surface area (Å²) in [5, 5.41) is 78.7. The Morgan fingerprint density at radius 1 is 0.420 bits per heavy atom. The Kier molecular flexibility index (Phi) is 29.5. The molecule has 1 aliphatic rings. The molecular formula is C73H73ClN20O23S2. The van der Waals surface area contributed by atoms with Crippen LogP contribution < -0.4 is 21.1 Å². The molecule has 0 bridgehead atoms. The van der Waals surface area contributed by atoms with E-state index in [9.17, 15) is 75.4 Å². The summed E-state index contributed by atoms with van der Waals surface area (Å²) in [6, 6.07) is 22.4. The highest BCUT2D eigenvalue weighted by molar-refractivity contribution is 7.92. The zero-order valence-corrected chi connectivity index (χ0v) is 67.2. The van der Waals surface area contributed by atoms with Gasteiger partial charge in [0.2, 0.25) is 32.9 Å². The number of nitrogens with one attached hydrogen (secondary N) is 3. The molecule has 46 heteroatoms. The molecule has 0 spiro atoms. The number of carbonyl (C=O) groups excluding carboxylic acids is 8. The number of hydrogen-bond donors (Lipinski definition) is 4. The van der Waals surface area contributed by atoms with Crippen molar-refractivity contribution in [1.82, 2.24) is 72.2 Å². The molecule has 43 nitrogen and oxygen atoms in total. The number of fused-ring (bicyclic) bond motifs is 7. The van der Waals surface area contributed by atoms with Crippen molar-refractivity contribution in [3.63, 3.8) is 0 Å². The Bertz CT molecular complexity index is 6280. The minimum atomic E-state index is -3.41. The fourth-order valence-corrected chi connectivity index (χ4v) is 13.4. The molecule has 1 fully saturated rings. The fraction of sp³-hybridized carbons (Fsp3) is 0.315. The normalized spacial score (nSPS) is 11.9. The molecule has 14 aromatic rings. The molecule has 1 aliphatic carbocycles. The van der Waals surface area contributed by atoms with Crippen molar-refractivity contribution in [2.75, 3.05) is 33.6 Å². The SMILES string of the molecule is CC(=O)Cc1ccc(Cl)c2nonc12.CC(=O)Cc1ccc(N)c2nonc12.CC(=O)Cc1ccc(NC(=O)C(C)C)c2nonc12.CC(=O)Cc1ccc(NC(C)=O)c2nonc12.CC(=O)Cc1ccc(NS(C)(=O)=O)c2nonc12.CS(=O)(=O)Cc1ccc([N+](=O)[O-])c2nonc12.O=C(Cc1ccc([N+](=O)[O-])c2nonc12)C1CCCC1. The Morgan fingerprint density at radius 2 is 0.723 bits per heavy atom. The molecule has 7 aromatic heterocycles. The minimum Gasteiger partial charge on any atom is -0.397 e. The summed E-state index contributed by atoms with van der Waals surface area (Å²) in [6.07, 6.45) is 7.77. The lowest BCUT2D eigenvalue weighted by molar-refractivity contribution is -0.383. The van der Waals surface area contributed by atoms with Crippen LogP contribution in [-0.4, -0.2) is 158 Å². The van der Waals surface area contributed by atoms with Gasteiger partial charge in [0.15, 0.2) is 37.4 Å². The van der Waals surface area contributed by atoms with Crippen LogP contribution >= 0.6 is 11.6 Å². The number of ketones is 6. The van der Waals surface area contributed by atoms with Gasteiger partial charge < -0.3 is 16.4 Å². The monoisotopic (exact) mass is 1700 g/mol. The van der Waals surface area contributed by atoms with Crippen LogP contribution in [0.15, 0.2) is 117 Å². The Morgan fingerprint density at radius 3 is 1.11 bits per heavy atom. The third-order valence-electron chi connectivity index (χ3n) is 17.0. The highest BCUT2D eigenvalue weighted by Gasteiger charge is 2.28. The van der Waals surface area contributed by atoms with Crippen molar-refractivity contribution in [3.05, 3.63) is 149 Å². The number of anilines is 4. The number of benzene rings is 7. The number of nitro groups is 2. The maximum absolute atomic E-state index is 12.2. The van der Waals surface area contributed by atoms with E-state index in [0.717, 1.165) is 60.4 Å². The lowest BCUT2D eigenvalue weighted by atomic mass is 9.96. The number of sulfone groups is 1. The number of nitrogens with two attached hydrogens (primary N) is 1. The molecule has 0 atom stereocenters. The molecule has 0 saturated heterocycles. The van der Waals surface area contributed by atoms with Gasteiger partial charge in [-0.3, -0.25) is 63.3 Å². The molecule has 0 aliphatic heterocycles. The Hall–Kier alpha value is -14.1. The molecule has 119 heavy (non-hydrogen) atoms. The molecule has 1 saturated carbocycles. The van der Waals surface area contributed by atoms with Crippen molar-refractivity contribution in [1.29, 1.82) is 0 Å². The molecular weight excluding hydrogens is 1620 g/mol. The maximum atomic E-state index is 12.2. The van der Waals surface area contributed by atoms with Crippen LogP contribution in [0.4, 0.5) is 34.1 Å². The summed E-state index contributed by atoms with van der Waals surface area (Å²) in [4.78, 5) is 111. The highest BCUT2D eigenvalue weighted by atomic mass is 35.5. The summed E-state index contributed by atoms with van der Waals surface area (Å²) in [5.74, 6) is -0.260. The van der Waals surface area contributed by atoms with E-state index in [1.54, 1.807) is 74.5 Å². The first-order valence-corrected chi connectivity index (χ1v) is 39.8. The third-order valence-corrected chi connectivity index (χ3v) is 18.7. The van der Waals surface area contributed by atoms with Gasteiger partial charge >= 0.3 is 11.4 Å². The van der Waals surface area contributed by atoms with Crippen molar-refractivity contribution < 1.29 is 97.4 Å². The second-order valence-corrected chi connectivity index (χ2v) is 31.7. The van der Waals surface area contributed by atoms with Crippen LogP contribution in [0.1, 0.15) is 120 Å². The topological polar surface area (TPSA) is 626 Å². The van der Waals surface area contributed by atoms with Gasteiger partial charge in [0.1, 0.15) is 73.3 Å². The number of sulfonamides is 1. The van der Waals surface area contributed by atoms with Gasteiger partial charge in [-0.15, -0.1) is 0 Å². The van der Waals surface area contributed by atoms with E-state index in [4.69, 9.17) is 22.0 Å². The van der Waals surface area contributed by atoms with Gasteiger partial charge in [-0.1, -0.05) is 68.6 Å². The number of amides is 2. The lowest BCUT2D eigenvalue weighted by Crippen LogP contribution is -2.18. The second kappa shape index (κ2) is 39.5.